The molecule has 0 heterocycles. The largest absolute Gasteiger partial charge is 0.290 e. The molecule has 0 atom stereocenters. The predicted octanol–water partition coefficient (Wildman–Crippen LogP) is 3.21. The van der Waals surface area contributed by atoms with Crippen LogP contribution in [-0.2, 0) is 16.6 Å². The van der Waals surface area contributed by atoms with Gasteiger partial charge < -0.3 is 0 Å². The molecule has 0 spiro atoms. The molecular weight excluding hydrogens is 347 g/mol. The van der Waals surface area contributed by atoms with Crippen molar-refractivity contribution in [3.63, 3.8) is 0 Å². The van der Waals surface area contributed by atoms with Crippen molar-refractivity contribution in [1.82, 2.24) is 4.31 Å². The molecule has 2 aromatic carbocycles. The second-order valence-corrected chi connectivity index (χ2v) is 7.21. The van der Waals surface area contributed by atoms with E-state index >= 15 is 0 Å². The number of nitro benzene ring substituents is 1. The van der Waals surface area contributed by atoms with E-state index in [4.69, 9.17) is 11.6 Å². The van der Waals surface area contributed by atoms with E-state index in [9.17, 15) is 22.9 Å². The lowest BCUT2D eigenvalue weighted by Gasteiger charge is -2.17. The van der Waals surface area contributed by atoms with Crippen LogP contribution in [0.2, 0.25) is 5.02 Å². The first-order valence-corrected chi connectivity index (χ1v) is 8.18. The van der Waals surface area contributed by atoms with E-state index in [0.717, 1.165) is 16.4 Å². The summed E-state index contributed by atoms with van der Waals surface area (Å²) in [5, 5.41) is 11.1. The van der Waals surface area contributed by atoms with Crippen molar-refractivity contribution in [3.8, 4) is 0 Å². The molecule has 0 aliphatic rings. The van der Waals surface area contributed by atoms with Crippen LogP contribution >= 0.6 is 11.6 Å². The molecule has 0 unspecified atom stereocenters. The van der Waals surface area contributed by atoms with Crippen molar-refractivity contribution in [2.24, 2.45) is 0 Å². The second kappa shape index (κ2) is 6.61. The van der Waals surface area contributed by atoms with E-state index in [0.29, 0.717) is 5.56 Å². The van der Waals surface area contributed by atoms with Gasteiger partial charge in [-0.3, -0.25) is 10.1 Å². The third-order valence-corrected chi connectivity index (χ3v) is 5.21. The molecule has 9 heteroatoms. The van der Waals surface area contributed by atoms with Crippen LogP contribution in [0.3, 0.4) is 0 Å². The first-order valence-electron chi connectivity index (χ1n) is 6.36. The van der Waals surface area contributed by atoms with Crippen LogP contribution in [0.4, 0.5) is 10.1 Å². The first kappa shape index (κ1) is 17.3. The van der Waals surface area contributed by atoms with Crippen molar-refractivity contribution >= 4 is 27.3 Å². The van der Waals surface area contributed by atoms with Crippen molar-refractivity contribution < 1.29 is 17.7 Å². The highest BCUT2D eigenvalue weighted by molar-refractivity contribution is 7.89. The van der Waals surface area contributed by atoms with Gasteiger partial charge in [-0.25, -0.2) is 12.8 Å². The molecule has 0 amide bonds. The highest BCUT2D eigenvalue weighted by atomic mass is 35.5. The van der Waals surface area contributed by atoms with E-state index in [1.807, 2.05) is 0 Å². The lowest BCUT2D eigenvalue weighted by molar-refractivity contribution is -0.387. The van der Waals surface area contributed by atoms with E-state index in [2.05, 4.69) is 0 Å². The quantitative estimate of drug-likeness (QED) is 0.607. The molecule has 6 nitrogen and oxygen atoms in total. The van der Waals surface area contributed by atoms with Gasteiger partial charge in [-0.1, -0.05) is 23.7 Å². The van der Waals surface area contributed by atoms with Crippen molar-refractivity contribution in [3.05, 3.63) is 69.0 Å². The number of hydrogen-bond donors (Lipinski definition) is 0. The third-order valence-electron chi connectivity index (χ3n) is 3.12. The minimum Gasteiger partial charge on any atom is -0.258 e. The SMILES string of the molecule is CN(Cc1ccc(F)cc1)S(=O)(=O)c1ccc(Cl)cc1[N+](=O)[O-]. The molecule has 0 aromatic heterocycles. The highest BCUT2D eigenvalue weighted by Crippen LogP contribution is 2.29. The Balaban J connectivity index is 2.38. The smallest absolute Gasteiger partial charge is 0.258 e. The summed E-state index contributed by atoms with van der Waals surface area (Å²) in [5.74, 6) is -0.437. The number of hydrogen-bond acceptors (Lipinski definition) is 4. The predicted molar refractivity (Wildman–Crippen MR) is 83.2 cm³/mol. The minimum absolute atomic E-state index is 0.0532. The number of nitro groups is 1. The third kappa shape index (κ3) is 3.84. The van der Waals surface area contributed by atoms with Gasteiger partial charge in [-0.2, -0.15) is 4.31 Å². The Morgan fingerprint density at radius 3 is 2.39 bits per heavy atom. The Morgan fingerprint density at radius 1 is 1.22 bits per heavy atom. The maximum Gasteiger partial charge on any atom is 0.290 e. The van der Waals surface area contributed by atoms with Crippen LogP contribution in [0, 0.1) is 15.9 Å². The summed E-state index contributed by atoms with van der Waals surface area (Å²) >= 11 is 5.69. The highest BCUT2D eigenvalue weighted by Gasteiger charge is 2.29. The summed E-state index contributed by atoms with van der Waals surface area (Å²) in [4.78, 5) is 9.81. The summed E-state index contributed by atoms with van der Waals surface area (Å²) in [5.41, 5.74) is -0.0439. The molecular formula is C14H12ClFN2O4S. The molecule has 23 heavy (non-hydrogen) atoms. The minimum atomic E-state index is -4.10. The molecule has 0 aliphatic heterocycles. The fourth-order valence-electron chi connectivity index (χ4n) is 1.95. The normalized spacial score (nSPS) is 11.7. The van der Waals surface area contributed by atoms with E-state index in [-0.39, 0.29) is 11.6 Å². The Bertz CT molecular complexity index is 840. The van der Waals surface area contributed by atoms with Gasteiger partial charge in [0.2, 0.25) is 10.0 Å². The number of sulfonamides is 1. The van der Waals surface area contributed by atoms with Gasteiger partial charge in [0.05, 0.1) is 4.92 Å². The van der Waals surface area contributed by atoms with Gasteiger partial charge in [0.15, 0.2) is 4.90 Å². The Hall–Kier alpha value is -2.03. The van der Waals surface area contributed by atoms with Gasteiger partial charge in [-0.05, 0) is 29.8 Å². The molecule has 2 aromatic rings. The van der Waals surface area contributed by atoms with Gasteiger partial charge in [0, 0.05) is 24.7 Å². The molecule has 0 aliphatic carbocycles. The lowest BCUT2D eigenvalue weighted by Crippen LogP contribution is -2.27. The first-order chi connectivity index (χ1) is 10.7. The maximum absolute atomic E-state index is 12.9. The topological polar surface area (TPSA) is 80.5 Å². The maximum atomic E-state index is 12.9. The standard InChI is InChI=1S/C14H12ClFN2O4S/c1-17(9-10-2-5-12(16)6-3-10)23(21,22)14-7-4-11(15)8-13(14)18(19)20/h2-8H,9H2,1H3. The van der Waals surface area contributed by atoms with Crippen LogP contribution in [0.25, 0.3) is 0 Å². The summed E-state index contributed by atoms with van der Waals surface area (Å²) in [6.07, 6.45) is 0. The number of rotatable bonds is 5. The summed E-state index contributed by atoms with van der Waals surface area (Å²) in [6.45, 7) is -0.0532. The summed E-state index contributed by atoms with van der Waals surface area (Å²) < 4.78 is 38.9. The zero-order valence-electron chi connectivity index (χ0n) is 11.9. The monoisotopic (exact) mass is 358 g/mol. The van der Waals surface area contributed by atoms with E-state index in [1.165, 1.54) is 37.4 Å². The molecule has 122 valence electrons. The summed E-state index contributed by atoms with van der Waals surface area (Å²) in [6, 6.07) is 8.65. The number of benzene rings is 2. The zero-order chi connectivity index (χ0) is 17.2. The van der Waals surface area contributed by atoms with Crippen LogP contribution in [0.5, 0.6) is 0 Å². The van der Waals surface area contributed by atoms with Crippen molar-refractivity contribution in [2.45, 2.75) is 11.4 Å². The van der Waals surface area contributed by atoms with Crippen molar-refractivity contribution in [2.75, 3.05) is 7.05 Å². The number of nitrogens with zero attached hydrogens (tertiary/aromatic N) is 2. The molecule has 0 saturated carbocycles. The Kier molecular flexibility index (Phi) is 4.98. The van der Waals surface area contributed by atoms with Gasteiger partial charge in [0.25, 0.3) is 5.69 Å². The van der Waals surface area contributed by atoms with Crippen LogP contribution < -0.4 is 0 Å². The van der Waals surface area contributed by atoms with E-state index < -0.39 is 31.3 Å². The molecule has 0 fully saturated rings. The lowest BCUT2D eigenvalue weighted by atomic mass is 10.2. The van der Waals surface area contributed by atoms with Crippen molar-refractivity contribution in [1.29, 1.82) is 0 Å². The van der Waals surface area contributed by atoms with Crippen LogP contribution in [0.1, 0.15) is 5.56 Å². The van der Waals surface area contributed by atoms with Crippen LogP contribution in [-0.4, -0.2) is 24.7 Å². The second-order valence-electron chi connectivity index (χ2n) is 4.76. The molecule has 2 rings (SSSR count). The zero-order valence-corrected chi connectivity index (χ0v) is 13.5. The average Bonchev–Trinajstić information content (AvgIpc) is 2.49. The molecule has 0 N–H and O–H groups in total. The number of halogens is 2. The molecule has 0 saturated heterocycles. The van der Waals surface area contributed by atoms with E-state index in [1.54, 1.807) is 0 Å². The van der Waals surface area contributed by atoms with Gasteiger partial charge in [0.1, 0.15) is 5.82 Å². The Labute approximate surface area is 137 Å². The fraction of sp³-hybridized carbons (Fsp3) is 0.143. The average molecular weight is 359 g/mol. The van der Waals surface area contributed by atoms with Gasteiger partial charge >= 0.3 is 0 Å². The molecule has 0 radical (unpaired) electrons. The fourth-order valence-corrected chi connectivity index (χ4v) is 3.41. The Morgan fingerprint density at radius 2 is 1.83 bits per heavy atom. The van der Waals surface area contributed by atoms with Crippen LogP contribution in [0.15, 0.2) is 47.4 Å². The molecule has 0 bridgehead atoms. The summed E-state index contributed by atoms with van der Waals surface area (Å²) in [7, 11) is -2.81. The van der Waals surface area contributed by atoms with Gasteiger partial charge in [-0.15, -0.1) is 0 Å².